The number of rotatable bonds is 7. The largest absolute Gasteiger partial charge is 0.224 e. The number of hydrogen-bond donors (Lipinski definition) is 0. The molecule has 0 aliphatic carbocycles. The molecule has 8 heteroatoms. The SMILES string of the molecule is CCCCSc1nnc(SCc2cc(Cl)nc(Cl)c2)s1. The van der Waals surface area contributed by atoms with E-state index in [0.29, 0.717) is 10.3 Å². The van der Waals surface area contributed by atoms with E-state index in [1.807, 2.05) is 12.1 Å². The number of nitrogens with zero attached hydrogens (tertiary/aromatic N) is 3. The summed E-state index contributed by atoms with van der Waals surface area (Å²) in [6, 6.07) is 3.64. The summed E-state index contributed by atoms with van der Waals surface area (Å²) >= 11 is 16.8. The number of thioether (sulfide) groups is 2. The maximum absolute atomic E-state index is 5.87. The second-order valence-electron chi connectivity index (χ2n) is 3.95. The summed E-state index contributed by atoms with van der Waals surface area (Å²) in [5.41, 5.74) is 1.04. The van der Waals surface area contributed by atoms with E-state index in [4.69, 9.17) is 23.2 Å². The van der Waals surface area contributed by atoms with E-state index >= 15 is 0 Å². The molecule has 0 bridgehead atoms. The van der Waals surface area contributed by atoms with Gasteiger partial charge >= 0.3 is 0 Å². The highest BCUT2D eigenvalue weighted by Crippen LogP contribution is 2.31. The Morgan fingerprint density at radius 2 is 1.75 bits per heavy atom. The van der Waals surface area contributed by atoms with Gasteiger partial charge in [-0.3, -0.25) is 0 Å². The van der Waals surface area contributed by atoms with Gasteiger partial charge in [-0.05, 0) is 24.1 Å². The molecule has 0 aromatic carbocycles. The summed E-state index contributed by atoms with van der Waals surface area (Å²) in [5, 5.41) is 9.20. The summed E-state index contributed by atoms with van der Waals surface area (Å²) in [6.07, 6.45) is 2.41. The fourth-order valence-electron chi connectivity index (χ4n) is 1.36. The first-order valence-electron chi connectivity index (χ1n) is 6.08. The van der Waals surface area contributed by atoms with Gasteiger partial charge in [0.05, 0.1) is 0 Å². The third kappa shape index (κ3) is 5.41. The zero-order valence-electron chi connectivity index (χ0n) is 10.8. The van der Waals surface area contributed by atoms with Crippen molar-refractivity contribution < 1.29 is 0 Å². The zero-order chi connectivity index (χ0) is 14.4. The second kappa shape index (κ2) is 8.44. The molecular weight excluding hydrogens is 353 g/mol. The zero-order valence-corrected chi connectivity index (χ0v) is 14.8. The van der Waals surface area contributed by atoms with Gasteiger partial charge < -0.3 is 0 Å². The van der Waals surface area contributed by atoms with Crippen LogP contribution in [0.15, 0.2) is 20.8 Å². The van der Waals surface area contributed by atoms with Crippen LogP contribution in [0.5, 0.6) is 0 Å². The minimum absolute atomic E-state index is 0.418. The van der Waals surface area contributed by atoms with Gasteiger partial charge in [-0.2, -0.15) is 0 Å². The van der Waals surface area contributed by atoms with Crippen molar-refractivity contribution in [2.75, 3.05) is 5.75 Å². The molecule has 0 radical (unpaired) electrons. The van der Waals surface area contributed by atoms with E-state index in [9.17, 15) is 0 Å². The van der Waals surface area contributed by atoms with Crippen LogP contribution in [0.25, 0.3) is 0 Å². The lowest BCUT2D eigenvalue weighted by atomic mass is 10.3. The lowest BCUT2D eigenvalue weighted by molar-refractivity contribution is 0.892. The number of hydrogen-bond acceptors (Lipinski definition) is 6. The molecule has 0 amide bonds. The van der Waals surface area contributed by atoms with Gasteiger partial charge in [-0.25, -0.2) is 4.98 Å². The molecule has 2 aromatic heterocycles. The molecule has 2 rings (SSSR count). The Bertz CT molecular complexity index is 542. The smallest absolute Gasteiger partial charge is 0.175 e. The summed E-state index contributed by atoms with van der Waals surface area (Å²) < 4.78 is 2.00. The van der Waals surface area contributed by atoms with Crippen molar-refractivity contribution in [3.8, 4) is 0 Å². The fraction of sp³-hybridized carbons (Fsp3) is 0.417. The number of unbranched alkanes of at least 4 members (excludes halogenated alkanes) is 1. The predicted molar refractivity (Wildman–Crippen MR) is 89.4 cm³/mol. The van der Waals surface area contributed by atoms with E-state index in [0.717, 1.165) is 25.7 Å². The van der Waals surface area contributed by atoms with Crippen LogP contribution in [0.3, 0.4) is 0 Å². The Balaban J connectivity index is 1.87. The van der Waals surface area contributed by atoms with E-state index < -0.39 is 0 Å². The third-order valence-electron chi connectivity index (χ3n) is 2.30. The average molecular weight is 366 g/mol. The molecule has 108 valence electrons. The summed E-state index contributed by atoms with van der Waals surface area (Å²) in [7, 11) is 0. The molecule has 0 aliphatic rings. The van der Waals surface area contributed by atoms with Gasteiger partial charge in [0.15, 0.2) is 8.68 Å². The minimum Gasteiger partial charge on any atom is -0.224 e. The maximum Gasteiger partial charge on any atom is 0.175 e. The summed E-state index contributed by atoms with van der Waals surface area (Å²) in [5.74, 6) is 1.86. The van der Waals surface area contributed by atoms with E-state index in [2.05, 4.69) is 22.1 Å². The van der Waals surface area contributed by atoms with Crippen LogP contribution >= 0.6 is 58.1 Å². The molecule has 0 atom stereocenters. The fourth-order valence-corrected chi connectivity index (χ4v) is 4.97. The molecule has 0 unspecified atom stereocenters. The van der Waals surface area contributed by atoms with E-state index in [-0.39, 0.29) is 0 Å². The number of halogens is 2. The molecule has 2 aromatic rings. The van der Waals surface area contributed by atoms with E-state index in [1.165, 1.54) is 12.8 Å². The number of pyridine rings is 1. The van der Waals surface area contributed by atoms with Crippen LogP contribution in [0.1, 0.15) is 25.3 Å². The first kappa shape index (κ1) is 16.4. The van der Waals surface area contributed by atoms with Gasteiger partial charge in [0.1, 0.15) is 10.3 Å². The normalized spacial score (nSPS) is 10.9. The van der Waals surface area contributed by atoms with Gasteiger partial charge in [-0.1, -0.05) is 71.4 Å². The molecule has 0 saturated carbocycles. The molecular formula is C12H13Cl2N3S3. The van der Waals surface area contributed by atoms with Crippen molar-refractivity contribution in [1.82, 2.24) is 15.2 Å². The third-order valence-corrected chi connectivity index (χ3v) is 6.03. The van der Waals surface area contributed by atoms with Crippen molar-refractivity contribution in [2.45, 2.75) is 34.2 Å². The van der Waals surface area contributed by atoms with Crippen LogP contribution in [-0.2, 0) is 5.75 Å². The molecule has 3 nitrogen and oxygen atoms in total. The van der Waals surface area contributed by atoms with Crippen molar-refractivity contribution in [3.63, 3.8) is 0 Å². The standard InChI is InChI=1S/C12H13Cl2N3S3/c1-2-3-4-18-11-16-17-12(20-11)19-7-8-5-9(13)15-10(14)6-8/h5-6H,2-4,7H2,1H3. The summed E-state index contributed by atoms with van der Waals surface area (Å²) in [4.78, 5) is 3.93. The Hall–Kier alpha value is -0.0100. The van der Waals surface area contributed by atoms with Crippen molar-refractivity contribution in [2.24, 2.45) is 0 Å². The highest BCUT2D eigenvalue weighted by Gasteiger charge is 2.07. The van der Waals surface area contributed by atoms with Crippen LogP contribution in [-0.4, -0.2) is 20.9 Å². The summed E-state index contributed by atoms with van der Waals surface area (Å²) in [6.45, 7) is 2.19. The average Bonchev–Trinajstić information content (AvgIpc) is 2.84. The molecule has 0 aliphatic heterocycles. The highest BCUT2D eigenvalue weighted by molar-refractivity contribution is 8.02. The lowest BCUT2D eigenvalue weighted by Gasteiger charge is -2.00. The van der Waals surface area contributed by atoms with Gasteiger partial charge in [-0.15, -0.1) is 10.2 Å². The molecule has 20 heavy (non-hydrogen) atoms. The minimum atomic E-state index is 0.418. The number of aromatic nitrogens is 3. The van der Waals surface area contributed by atoms with Gasteiger partial charge in [0.2, 0.25) is 0 Å². The molecule has 0 fully saturated rings. The Morgan fingerprint density at radius 1 is 1.10 bits per heavy atom. The lowest BCUT2D eigenvalue weighted by Crippen LogP contribution is -1.84. The Kier molecular flexibility index (Phi) is 6.90. The first-order valence-corrected chi connectivity index (χ1v) is 9.63. The van der Waals surface area contributed by atoms with Crippen LogP contribution in [0.2, 0.25) is 10.3 Å². The molecule has 0 saturated heterocycles. The van der Waals surface area contributed by atoms with Crippen LogP contribution < -0.4 is 0 Å². The topological polar surface area (TPSA) is 38.7 Å². The van der Waals surface area contributed by atoms with E-state index in [1.54, 1.807) is 34.9 Å². The first-order chi connectivity index (χ1) is 9.67. The highest BCUT2D eigenvalue weighted by atomic mass is 35.5. The van der Waals surface area contributed by atoms with Gasteiger partial charge in [0, 0.05) is 11.5 Å². The maximum atomic E-state index is 5.87. The van der Waals surface area contributed by atoms with Crippen LogP contribution in [0.4, 0.5) is 0 Å². The molecule has 2 heterocycles. The molecule has 0 spiro atoms. The van der Waals surface area contributed by atoms with Crippen molar-refractivity contribution >= 4 is 58.1 Å². The predicted octanol–water partition coefficient (Wildman–Crippen LogP) is 5.42. The molecule has 0 N–H and O–H groups in total. The van der Waals surface area contributed by atoms with Crippen molar-refractivity contribution in [1.29, 1.82) is 0 Å². The Labute approximate surface area is 140 Å². The monoisotopic (exact) mass is 365 g/mol. The van der Waals surface area contributed by atoms with Gasteiger partial charge in [0.25, 0.3) is 0 Å². The second-order valence-corrected chi connectivity index (χ2v) is 8.26. The Morgan fingerprint density at radius 3 is 2.40 bits per heavy atom. The van der Waals surface area contributed by atoms with Crippen molar-refractivity contribution in [3.05, 3.63) is 28.0 Å². The quantitative estimate of drug-likeness (QED) is 0.371. The van der Waals surface area contributed by atoms with Crippen LogP contribution in [0, 0.1) is 0 Å².